The van der Waals surface area contributed by atoms with Crippen LogP contribution in [-0.4, -0.2) is 4.83 Å². The van der Waals surface area contributed by atoms with Crippen molar-refractivity contribution < 1.29 is 4.39 Å². The van der Waals surface area contributed by atoms with Crippen LogP contribution in [0.3, 0.4) is 0 Å². The third kappa shape index (κ3) is 2.19. The Kier molecular flexibility index (Phi) is 3.97. The smallest absolute Gasteiger partial charge is 0.146 e. The molecule has 0 nitrogen and oxygen atoms in total. The van der Waals surface area contributed by atoms with Crippen LogP contribution in [0.25, 0.3) is 0 Å². The van der Waals surface area contributed by atoms with E-state index in [1.165, 1.54) is 0 Å². The van der Waals surface area contributed by atoms with Gasteiger partial charge in [0.25, 0.3) is 0 Å². The lowest BCUT2D eigenvalue weighted by Crippen LogP contribution is -2.10. The number of benzene rings is 1. The fourth-order valence-corrected chi connectivity index (χ4v) is 3.49. The van der Waals surface area contributed by atoms with Gasteiger partial charge >= 0.3 is 0 Å². The molecule has 0 spiro atoms. The maximum Gasteiger partial charge on any atom is 0.146 e. The Balaban J connectivity index is 2.38. The second-order valence-electron chi connectivity index (χ2n) is 4.32. The van der Waals surface area contributed by atoms with E-state index in [1.807, 2.05) is 12.1 Å². The Labute approximate surface area is 117 Å². The average molecular weight is 370 g/mol. The normalized spacial score (nSPS) is 29.7. The van der Waals surface area contributed by atoms with Gasteiger partial charge in [0, 0.05) is 9.30 Å². The lowest BCUT2D eigenvalue weighted by Gasteiger charge is -2.19. The fourth-order valence-electron chi connectivity index (χ4n) is 2.38. The van der Waals surface area contributed by atoms with Crippen molar-refractivity contribution in [3.05, 3.63) is 33.0 Å². The molecule has 16 heavy (non-hydrogen) atoms. The maximum atomic E-state index is 14.0. The standard InChI is InChI=1S/C12H12Br2ClF/c1-6-7(2-4-9(6)13)8-3-5-10(14)11(15)12(8)16/h3,5-7,9H,2,4H2,1H3. The van der Waals surface area contributed by atoms with Crippen molar-refractivity contribution in [2.75, 3.05) is 0 Å². The second kappa shape index (κ2) is 4.95. The fraction of sp³-hybridized carbons (Fsp3) is 0.500. The highest BCUT2D eigenvalue weighted by Crippen LogP contribution is 2.45. The van der Waals surface area contributed by atoms with Gasteiger partial charge in [-0.2, -0.15) is 0 Å². The van der Waals surface area contributed by atoms with E-state index in [-0.39, 0.29) is 16.8 Å². The van der Waals surface area contributed by atoms with Crippen molar-refractivity contribution in [1.29, 1.82) is 0 Å². The van der Waals surface area contributed by atoms with E-state index in [0.717, 1.165) is 18.4 Å². The summed E-state index contributed by atoms with van der Waals surface area (Å²) in [5, 5.41) is 0.197. The summed E-state index contributed by atoms with van der Waals surface area (Å²) in [7, 11) is 0. The zero-order valence-electron chi connectivity index (χ0n) is 8.81. The lowest BCUT2D eigenvalue weighted by atomic mass is 9.90. The van der Waals surface area contributed by atoms with Gasteiger partial charge in [-0.25, -0.2) is 4.39 Å². The first-order valence-electron chi connectivity index (χ1n) is 5.30. The number of alkyl halides is 1. The van der Waals surface area contributed by atoms with E-state index in [9.17, 15) is 4.39 Å². The molecule has 0 aromatic heterocycles. The molecule has 1 aromatic rings. The van der Waals surface area contributed by atoms with Crippen LogP contribution in [0.15, 0.2) is 16.6 Å². The van der Waals surface area contributed by atoms with Crippen molar-refractivity contribution in [2.45, 2.75) is 30.5 Å². The molecule has 1 aliphatic carbocycles. The minimum Gasteiger partial charge on any atom is -0.205 e. The zero-order valence-corrected chi connectivity index (χ0v) is 12.7. The van der Waals surface area contributed by atoms with Gasteiger partial charge in [0.05, 0.1) is 5.02 Å². The Hall–Kier alpha value is 0.400. The lowest BCUT2D eigenvalue weighted by molar-refractivity contribution is 0.508. The van der Waals surface area contributed by atoms with Crippen molar-refractivity contribution in [3.8, 4) is 0 Å². The predicted octanol–water partition coefficient (Wildman–Crippen LogP) is 5.52. The summed E-state index contributed by atoms with van der Waals surface area (Å²) >= 11 is 12.8. The van der Waals surface area contributed by atoms with Gasteiger partial charge < -0.3 is 0 Å². The van der Waals surface area contributed by atoms with E-state index >= 15 is 0 Å². The van der Waals surface area contributed by atoms with Gasteiger partial charge in [-0.3, -0.25) is 0 Å². The highest BCUT2D eigenvalue weighted by atomic mass is 79.9. The molecule has 0 amide bonds. The van der Waals surface area contributed by atoms with Gasteiger partial charge in [0.1, 0.15) is 5.82 Å². The van der Waals surface area contributed by atoms with Gasteiger partial charge in [0.15, 0.2) is 0 Å². The summed E-state index contributed by atoms with van der Waals surface area (Å²) in [5.74, 6) is 0.455. The predicted molar refractivity (Wildman–Crippen MR) is 73.0 cm³/mol. The van der Waals surface area contributed by atoms with E-state index < -0.39 is 0 Å². The molecule has 3 atom stereocenters. The molecule has 0 saturated heterocycles. The Morgan fingerprint density at radius 3 is 2.62 bits per heavy atom. The second-order valence-corrected chi connectivity index (χ2v) is 6.73. The topological polar surface area (TPSA) is 0 Å². The number of rotatable bonds is 1. The number of hydrogen-bond acceptors (Lipinski definition) is 0. The summed E-state index contributed by atoms with van der Waals surface area (Å²) in [6, 6.07) is 3.67. The number of halogens is 4. The monoisotopic (exact) mass is 368 g/mol. The van der Waals surface area contributed by atoms with Gasteiger partial charge in [-0.1, -0.05) is 40.5 Å². The average Bonchev–Trinajstić information content (AvgIpc) is 2.58. The Morgan fingerprint density at radius 1 is 1.38 bits per heavy atom. The first kappa shape index (κ1) is 12.8. The molecule has 2 rings (SSSR count). The summed E-state index contributed by atoms with van der Waals surface area (Å²) in [4.78, 5) is 0.485. The summed E-state index contributed by atoms with van der Waals surface area (Å²) in [6.45, 7) is 2.16. The molecule has 3 unspecified atom stereocenters. The van der Waals surface area contributed by atoms with E-state index in [1.54, 1.807) is 0 Å². The van der Waals surface area contributed by atoms with Crippen LogP contribution in [0.2, 0.25) is 5.02 Å². The molecular weight excluding hydrogens is 358 g/mol. The molecule has 1 aromatic carbocycles. The van der Waals surface area contributed by atoms with E-state index in [4.69, 9.17) is 11.6 Å². The third-order valence-electron chi connectivity index (χ3n) is 3.42. The molecule has 88 valence electrons. The summed E-state index contributed by atoms with van der Waals surface area (Å²) in [5.41, 5.74) is 0.752. The van der Waals surface area contributed by atoms with Crippen molar-refractivity contribution in [3.63, 3.8) is 0 Å². The molecule has 1 saturated carbocycles. The SMILES string of the molecule is CC1C(Br)CCC1c1ccc(Br)c(Cl)c1F. The summed E-state index contributed by atoms with van der Waals surface area (Å²) < 4.78 is 14.7. The molecule has 1 aliphatic rings. The van der Waals surface area contributed by atoms with Crippen molar-refractivity contribution in [1.82, 2.24) is 0 Å². The summed E-state index contributed by atoms with van der Waals surface area (Å²) in [6.07, 6.45) is 2.12. The van der Waals surface area contributed by atoms with Crippen LogP contribution in [0.1, 0.15) is 31.2 Å². The first-order chi connectivity index (χ1) is 7.52. The van der Waals surface area contributed by atoms with Crippen LogP contribution in [0, 0.1) is 11.7 Å². The molecule has 4 heteroatoms. The number of hydrogen-bond donors (Lipinski definition) is 0. The molecule has 0 radical (unpaired) electrons. The van der Waals surface area contributed by atoms with Crippen LogP contribution < -0.4 is 0 Å². The minimum absolute atomic E-state index is 0.197. The zero-order chi connectivity index (χ0) is 11.9. The maximum absolute atomic E-state index is 14.0. The molecule has 1 fully saturated rings. The van der Waals surface area contributed by atoms with Gasteiger partial charge in [-0.05, 0) is 52.2 Å². The molecular formula is C12H12Br2ClF. The highest BCUT2D eigenvalue weighted by molar-refractivity contribution is 9.10. The van der Waals surface area contributed by atoms with E-state index in [0.29, 0.717) is 15.2 Å². The molecule has 0 bridgehead atoms. The van der Waals surface area contributed by atoms with Crippen LogP contribution in [0.4, 0.5) is 4.39 Å². The largest absolute Gasteiger partial charge is 0.205 e. The minimum atomic E-state index is -0.269. The quantitative estimate of drug-likeness (QED) is 0.451. The first-order valence-corrected chi connectivity index (χ1v) is 7.38. The Morgan fingerprint density at radius 2 is 2.06 bits per heavy atom. The molecule has 0 aliphatic heterocycles. The third-order valence-corrected chi connectivity index (χ3v) is 5.97. The highest BCUT2D eigenvalue weighted by Gasteiger charge is 2.34. The van der Waals surface area contributed by atoms with E-state index in [2.05, 4.69) is 38.8 Å². The van der Waals surface area contributed by atoms with Crippen LogP contribution in [-0.2, 0) is 0 Å². The van der Waals surface area contributed by atoms with Gasteiger partial charge in [-0.15, -0.1) is 0 Å². The van der Waals surface area contributed by atoms with Crippen LogP contribution >= 0.6 is 43.5 Å². The Bertz CT molecular complexity index is 408. The van der Waals surface area contributed by atoms with Gasteiger partial charge in [0.2, 0.25) is 0 Å². The molecule has 0 N–H and O–H groups in total. The van der Waals surface area contributed by atoms with Crippen molar-refractivity contribution in [2.24, 2.45) is 5.92 Å². The van der Waals surface area contributed by atoms with Crippen molar-refractivity contribution >= 4 is 43.5 Å². The van der Waals surface area contributed by atoms with Crippen LogP contribution in [0.5, 0.6) is 0 Å². The molecule has 0 heterocycles.